The van der Waals surface area contributed by atoms with Gasteiger partial charge in [-0.2, -0.15) is 0 Å². The average molecular weight is 235 g/mol. The molecule has 0 atom stereocenters. The topological polar surface area (TPSA) is 38.8 Å². The summed E-state index contributed by atoms with van der Waals surface area (Å²) in [5.41, 5.74) is 0.797. The van der Waals surface area contributed by atoms with E-state index in [-0.39, 0.29) is 6.09 Å². The van der Waals surface area contributed by atoms with Gasteiger partial charge >= 0.3 is 6.09 Å². The van der Waals surface area contributed by atoms with Crippen LogP contribution in [0.25, 0.3) is 0 Å². The Hall–Kier alpha value is -1.71. The van der Waals surface area contributed by atoms with Gasteiger partial charge in [-0.1, -0.05) is 19.1 Å². The van der Waals surface area contributed by atoms with Gasteiger partial charge in [-0.05, 0) is 25.0 Å². The minimum atomic E-state index is -0.287. The van der Waals surface area contributed by atoms with Crippen molar-refractivity contribution in [3.05, 3.63) is 24.3 Å². The van der Waals surface area contributed by atoms with Crippen LogP contribution in [0.15, 0.2) is 24.3 Å². The summed E-state index contributed by atoms with van der Waals surface area (Å²) in [6.45, 7) is 3.71. The SMILES string of the molecule is CCCOC(=O)N1CCCOc2ccccc21. The van der Waals surface area contributed by atoms with Crippen molar-refractivity contribution in [2.75, 3.05) is 24.7 Å². The number of hydrogen-bond acceptors (Lipinski definition) is 3. The zero-order chi connectivity index (χ0) is 12.1. The second kappa shape index (κ2) is 5.57. The van der Waals surface area contributed by atoms with Gasteiger partial charge < -0.3 is 9.47 Å². The lowest BCUT2D eigenvalue weighted by atomic mass is 10.2. The number of nitrogens with zero attached hydrogens (tertiary/aromatic N) is 1. The number of carbonyl (C=O) groups excluding carboxylic acids is 1. The minimum Gasteiger partial charge on any atom is -0.491 e. The Balaban J connectivity index is 2.19. The van der Waals surface area contributed by atoms with Crippen LogP contribution in [0.2, 0.25) is 0 Å². The minimum absolute atomic E-state index is 0.287. The summed E-state index contributed by atoms with van der Waals surface area (Å²) in [5.74, 6) is 0.749. The fourth-order valence-electron chi connectivity index (χ4n) is 1.78. The zero-order valence-electron chi connectivity index (χ0n) is 10.0. The smallest absolute Gasteiger partial charge is 0.414 e. The van der Waals surface area contributed by atoms with Gasteiger partial charge in [0.05, 0.1) is 18.9 Å². The molecule has 1 amide bonds. The highest BCUT2D eigenvalue weighted by molar-refractivity contribution is 5.89. The van der Waals surface area contributed by atoms with Crippen LogP contribution < -0.4 is 9.64 Å². The Kier molecular flexibility index (Phi) is 3.85. The normalized spacial score (nSPS) is 14.5. The van der Waals surface area contributed by atoms with Crippen molar-refractivity contribution in [3.8, 4) is 5.75 Å². The maximum absolute atomic E-state index is 11.9. The van der Waals surface area contributed by atoms with E-state index in [0.717, 1.165) is 24.3 Å². The summed E-state index contributed by atoms with van der Waals surface area (Å²) in [6, 6.07) is 7.56. The molecule has 1 heterocycles. The zero-order valence-corrected chi connectivity index (χ0v) is 10.0. The van der Waals surface area contributed by atoms with E-state index in [1.54, 1.807) is 4.90 Å². The number of fused-ring (bicyclic) bond motifs is 1. The average Bonchev–Trinajstić information content (AvgIpc) is 2.58. The molecule has 4 nitrogen and oxygen atoms in total. The van der Waals surface area contributed by atoms with Crippen LogP contribution in [-0.2, 0) is 4.74 Å². The molecule has 17 heavy (non-hydrogen) atoms. The molecular weight excluding hydrogens is 218 g/mol. The molecule has 0 saturated heterocycles. The Labute approximate surface area is 101 Å². The molecular formula is C13H17NO3. The molecule has 0 fully saturated rings. The van der Waals surface area contributed by atoms with E-state index in [0.29, 0.717) is 19.8 Å². The van der Waals surface area contributed by atoms with E-state index in [2.05, 4.69) is 0 Å². The highest BCUT2D eigenvalue weighted by atomic mass is 16.6. The number of amides is 1. The monoisotopic (exact) mass is 235 g/mol. The Morgan fingerprint density at radius 1 is 1.47 bits per heavy atom. The molecule has 2 rings (SSSR count). The van der Waals surface area contributed by atoms with Crippen LogP contribution >= 0.6 is 0 Å². The third-order valence-electron chi connectivity index (χ3n) is 2.59. The first kappa shape index (κ1) is 11.8. The Morgan fingerprint density at radius 2 is 2.29 bits per heavy atom. The van der Waals surface area contributed by atoms with Gasteiger partial charge in [-0.3, -0.25) is 4.90 Å². The van der Waals surface area contributed by atoms with Crippen LogP contribution in [0, 0.1) is 0 Å². The molecule has 0 radical (unpaired) electrons. The molecule has 0 aliphatic carbocycles. The van der Waals surface area contributed by atoms with E-state index >= 15 is 0 Å². The Bertz CT molecular complexity index is 392. The number of ether oxygens (including phenoxy) is 2. The third-order valence-corrected chi connectivity index (χ3v) is 2.59. The van der Waals surface area contributed by atoms with Crippen molar-refractivity contribution in [3.63, 3.8) is 0 Å². The molecule has 1 aliphatic rings. The molecule has 0 saturated carbocycles. The molecule has 1 aromatic rings. The predicted molar refractivity (Wildman–Crippen MR) is 65.5 cm³/mol. The molecule has 1 aliphatic heterocycles. The first-order valence-corrected chi connectivity index (χ1v) is 5.99. The van der Waals surface area contributed by atoms with Gasteiger partial charge in [0.15, 0.2) is 0 Å². The van der Waals surface area contributed by atoms with Gasteiger partial charge in [0, 0.05) is 6.54 Å². The lowest BCUT2D eigenvalue weighted by Gasteiger charge is -2.20. The van der Waals surface area contributed by atoms with E-state index in [1.165, 1.54) is 0 Å². The van der Waals surface area contributed by atoms with Crippen molar-refractivity contribution in [2.45, 2.75) is 19.8 Å². The molecule has 4 heteroatoms. The fourth-order valence-corrected chi connectivity index (χ4v) is 1.78. The fraction of sp³-hybridized carbons (Fsp3) is 0.462. The quantitative estimate of drug-likeness (QED) is 0.791. The van der Waals surface area contributed by atoms with Crippen LogP contribution in [0.1, 0.15) is 19.8 Å². The highest BCUT2D eigenvalue weighted by Gasteiger charge is 2.22. The molecule has 0 spiro atoms. The van der Waals surface area contributed by atoms with Crippen LogP contribution in [0.5, 0.6) is 5.75 Å². The summed E-state index contributed by atoms with van der Waals surface area (Å²) in [7, 11) is 0. The van der Waals surface area contributed by atoms with Gasteiger partial charge in [-0.15, -0.1) is 0 Å². The van der Waals surface area contributed by atoms with Gasteiger partial charge in [0.25, 0.3) is 0 Å². The van der Waals surface area contributed by atoms with E-state index in [4.69, 9.17) is 9.47 Å². The lowest BCUT2D eigenvalue weighted by molar-refractivity contribution is 0.154. The van der Waals surface area contributed by atoms with E-state index < -0.39 is 0 Å². The second-order valence-electron chi connectivity index (χ2n) is 3.94. The van der Waals surface area contributed by atoms with Crippen molar-refractivity contribution in [2.24, 2.45) is 0 Å². The number of hydrogen-bond donors (Lipinski definition) is 0. The second-order valence-corrected chi connectivity index (χ2v) is 3.94. The predicted octanol–water partition coefficient (Wildman–Crippen LogP) is 2.82. The summed E-state index contributed by atoms with van der Waals surface area (Å²) < 4.78 is 10.8. The number of anilines is 1. The van der Waals surface area contributed by atoms with Gasteiger partial charge in [0.2, 0.25) is 0 Å². The van der Waals surface area contributed by atoms with Crippen LogP contribution in [0.3, 0.4) is 0 Å². The molecule has 0 bridgehead atoms. The van der Waals surface area contributed by atoms with Crippen LogP contribution in [0.4, 0.5) is 10.5 Å². The van der Waals surface area contributed by atoms with Crippen molar-refractivity contribution < 1.29 is 14.3 Å². The van der Waals surface area contributed by atoms with Crippen molar-refractivity contribution in [1.29, 1.82) is 0 Å². The molecule has 92 valence electrons. The first-order valence-electron chi connectivity index (χ1n) is 5.99. The Morgan fingerprint density at radius 3 is 3.12 bits per heavy atom. The van der Waals surface area contributed by atoms with Crippen molar-refractivity contribution in [1.82, 2.24) is 0 Å². The van der Waals surface area contributed by atoms with Gasteiger partial charge in [0.1, 0.15) is 5.75 Å². The lowest BCUT2D eigenvalue weighted by Crippen LogP contribution is -2.32. The summed E-state index contributed by atoms with van der Waals surface area (Å²) >= 11 is 0. The summed E-state index contributed by atoms with van der Waals surface area (Å²) in [6.07, 6.45) is 1.36. The molecule has 0 N–H and O–H groups in total. The molecule has 1 aromatic carbocycles. The highest BCUT2D eigenvalue weighted by Crippen LogP contribution is 2.30. The largest absolute Gasteiger partial charge is 0.491 e. The molecule has 0 unspecified atom stereocenters. The number of para-hydroxylation sites is 2. The first-order chi connectivity index (χ1) is 8.33. The van der Waals surface area contributed by atoms with Crippen molar-refractivity contribution >= 4 is 11.8 Å². The molecule has 0 aromatic heterocycles. The summed E-state index contributed by atoms with van der Waals surface area (Å²) in [4.78, 5) is 13.6. The number of benzene rings is 1. The third kappa shape index (κ3) is 2.70. The maximum atomic E-state index is 11.9. The standard InChI is InChI=1S/C13H17NO3/c1-2-9-17-13(15)14-8-5-10-16-12-7-4-3-6-11(12)14/h3-4,6-7H,2,5,8-10H2,1H3. The van der Waals surface area contributed by atoms with E-state index in [1.807, 2.05) is 31.2 Å². The summed E-state index contributed by atoms with van der Waals surface area (Å²) in [5, 5.41) is 0. The number of carbonyl (C=O) groups is 1. The van der Waals surface area contributed by atoms with E-state index in [9.17, 15) is 4.79 Å². The maximum Gasteiger partial charge on any atom is 0.414 e. The van der Waals surface area contributed by atoms with Crippen LogP contribution in [-0.4, -0.2) is 25.9 Å². The number of rotatable bonds is 2. The van der Waals surface area contributed by atoms with Gasteiger partial charge in [-0.25, -0.2) is 4.79 Å².